The van der Waals surface area contributed by atoms with Gasteiger partial charge < -0.3 is 4.52 Å². The summed E-state index contributed by atoms with van der Waals surface area (Å²) in [5.74, 6) is 0. The molecule has 0 amide bonds. The van der Waals surface area contributed by atoms with Crippen LogP contribution in [0.2, 0.25) is 0 Å². The summed E-state index contributed by atoms with van der Waals surface area (Å²) in [5, 5.41) is 0. The van der Waals surface area contributed by atoms with Gasteiger partial charge in [-0.15, -0.1) is 6.58 Å². The minimum absolute atomic E-state index is 0.453. The molecule has 0 spiro atoms. The second kappa shape index (κ2) is 6.59. The number of hydrogen-bond donors (Lipinski definition) is 0. The minimum atomic E-state index is 0.453. The lowest BCUT2D eigenvalue weighted by molar-refractivity contribution is 0.281. The predicted octanol–water partition coefficient (Wildman–Crippen LogP) is 2.82. The highest BCUT2D eigenvalue weighted by molar-refractivity contribution is 7.29. The first-order valence-corrected chi connectivity index (χ1v) is 5.21. The van der Waals surface area contributed by atoms with E-state index < -0.39 is 0 Å². The molecule has 0 aliphatic rings. The molecule has 0 aromatic heterocycles. The van der Waals surface area contributed by atoms with Gasteiger partial charge in [0.2, 0.25) is 0 Å². The Balaban J connectivity index is 3.71. The van der Waals surface area contributed by atoms with Gasteiger partial charge in [0.1, 0.15) is 0 Å². The fourth-order valence-corrected chi connectivity index (χ4v) is 1.74. The number of nitrogens with zero attached hydrogens (tertiary/aromatic N) is 1. The molecule has 0 saturated carbocycles. The molecule has 0 aromatic carbocycles. The Morgan fingerprint density at radius 2 is 1.83 bits per heavy atom. The Bertz CT molecular complexity index is 118. The third-order valence-corrected chi connectivity index (χ3v) is 3.02. The van der Waals surface area contributed by atoms with Gasteiger partial charge in [-0.25, -0.2) is 0 Å². The van der Waals surface area contributed by atoms with Crippen LogP contribution < -0.4 is 0 Å². The Morgan fingerprint density at radius 3 is 2.17 bits per heavy atom. The van der Waals surface area contributed by atoms with Gasteiger partial charge >= 0.3 is 0 Å². The maximum absolute atomic E-state index is 5.40. The maximum atomic E-state index is 5.40. The van der Waals surface area contributed by atoms with E-state index in [2.05, 4.69) is 38.9 Å². The Labute approximate surface area is 77.9 Å². The highest BCUT2D eigenvalue weighted by Gasteiger charge is 2.12. The third kappa shape index (κ3) is 4.87. The van der Waals surface area contributed by atoms with Crippen molar-refractivity contribution in [2.75, 3.05) is 6.61 Å². The van der Waals surface area contributed by atoms with Gasteiger partial charge in [0.05, 0.1) is 15.6 Å². The van der Waals surface area contributed by atoms with Crippen molar-refractivity contribution in [2.45, 2.75) is 39.8 Å². The van der Waals surface area contributed by atoms with Crippen LogP contribution in [0.5, 0.6) is 0 Å². The van der Waals surface area contributed by atoms with Crippen molar-refractivity contribution >= 4 is 8.96 Å². The van der Waals surface area contributed by atoms with E-state index in [4.69, 9.17) is 4.52 Å². The van der Waals surface area contributed by atoms with E-state index in [0.29, 0.717) is 27.6 Å². The average Bonchev–Trinajstić information content (AvgIpc) is 1.96. The van der Waals surface area contributed by atoms with Crippen molar-refractivity contribution in [3.05, 3.63) is 12.7 Å². The number of hydrogen-bond acceptors (Lipinski definition) is 2. The summed E-state index contributed by atoms with van der Waals surface area (Å²) in [6.45, 7) is 13.0. The van der Waals surface area contributed by atoms with Crippen LogP contribution in [0.4, 0.5) is 0 Å². The van der Waals surface area contributed by atoms with E-state index in [1.165, 1.54) is 0 Å². The zero-order valence-corrected chi connectivity index (χ0v) is 9.50. The lowest BCUT2D eigenvalue weighted by Crippen LogP contribution is -2.29. The van der Waals surface area contributed by atoms with Crippen molar-refractivity contribution in [3.63, 3.8) is 0 Å². The molecule has 0 rings (SSSR count). The monoisotopic (exact) mass is 189 g/mol. The molecule has 1 unspecified atom stereocenters. The summed E-state index contributed by atoms with van der Waals surface area (Å²) in [5.41, 5.74) is 0. The van der Waals surface area contributed by atoms with Crippen molar-refractivity contribution < 1.29 is 4.52 Å². The van der Waals surface area contributed by atoms with E-state index in [1.807, 2.05) is 0 Å². The van der Waals surface area contributed by atoms with E-state index in [1.54, 1.807) is 6.08 Å². The van der Waals surface area contributed by atoms with Gasteiger partial charge in [0.15, 0.2) is 0 Å². The topological polar surface area (TPSA) is 12.5 Å². The van der Waals surface area contributed by atoms with Crippen molar-refractivity contribution in [2.24, 2.45) is 0 Å². The van der Waals surface area contributed by atoms with Crippen molar-refractivity contribution in [1.29, 1.82) is 0 Å². The molecule has 12 heavy (non-hydrogen) atoms. The minimum Gasteiger partial charge on any atom is -0.342 e. The van der Waals surface area contributed by atoms with Crippen molar-refractivity contribution in [1.82, 2.24) is 4.67 Å². The summed E-state index contributed by atoms with van der Waals surface area (Å²) in [4.78, 5) is 0. The molecule has 72 valence electrons. The zero-order chi connectivity index (χ0) is 9.56. The first kappa shape index (κ1) is 12.1. The highest BCUT2D eigenvalue weighted by atomic mass is 31.1. The highest BCUT2D eigenvalue weighted by Crippen LogP contribution is 2.25. The maximum Gasteiger partial charge on any atom is 0.0898 e. The van der Waals surface area contributed by atoms with E-state index in [-0.39, 0.29) is 0 Å². The second-order valence-corrected chi connectivity index (χ2v) is 4.27. The Hall–Kier alpha value is 0.0900. The summed E-state index contributed by atoms with van der Waals surface area (Å²) >= 11 is 0. The number of rotatable bonds is 6. The smallest absolute Gasteiger partial charge is 0.0898 e. The molecule has 0 aromatic rings. The fourth-order valence-electron chi connectivity index (χ4n) is 0.978. The normalized spacial score (nSPS) is 12.6. The molecular weight excluding hydrogens is 169 g/mol. The van der Waals surface area contributed by atoms with Crippen LogP contribution in [0.15, 0.2) is 12.7 Å². The molecule has 0 fully saturated rings. The first-order chi connectivity index (χ1) is 5.59. The SMILES string of the molecule is C=CCOPN(C(C)C)C(C)C. The molecule has 3 heteroatoms. The molecule has 0 radical (unpaired) electrons. The zero-order valence-electron chi connectivity index (χ0n) is 8.50. The molecule has 2 nitrogen and oxygen atoms in total. The second-order valence-electron chi connectivity index (χ2n) is 3.29. The molecule has 0 saturated heterocycles. The van der Waals surface area contributed by atoms with Crippen LogP contribution in [0.25, 0.3) is 0 Å². The van der Waals surface area contributed by atoms with E-state index >= 15 is 0 Å². The predicted molar refractivity (Wildman–Crippen MR) is 56.6 cm³/mol. The van der Waals surface area contributed by atoms with Gasteiger partial charge in [-0.05, 0) is 27.7 Å². The van der Waals surface area contributed by atoms with Gasteiger partial charge in [-0.1, -0.05) is 6.08 Å². The molecular formula is C9H20NOP. The summed E-state index contributed by atoms with van der Waals surface area (Å²) in [7, 11) is 0.453. The van der Waals surface area contributed by atoms with Crippen LogP contribution in [0.3, 0.4) is 0 Å². The van der Waals surface area contributed by atoms with E-state index in [0.717, 1.165) is 0 Å². The quantitative estimate of drug-likeness (QED) is 0.362. The summed E-state index contributed by atoms with van der Waals surface area (Å²) in [6, 6.07) is 1.10. The van der Waals surface area contributed by atoms with Crippen LogP contribution >= 0.6 is 8.96 Å². The summed E-state index contributed by atoms with van der Waals surface area (Å²) in [6.07, 6.45) is 1.78. The van der Waals surface area contributed by atoms with Crippen LogP contribution in [-0.4, -0.2) is 23.4 Å². The molecule has 0 heterocycles. The molecule has 0 bridgehead atoms. The average molecular weight is 189 g/mol. The third-order valence-electron chi connectivity index (χ3n) is 1.48. The standard InChI is InChI=1S/C9H20NOP/c1-6-7-11-12-10(8(2)3)9(4)5/h6,8-9,12H,1,7H2,2-5H3. The summed E-state index contributed by atoms with van der Waals surface area (Å²) < 4.78 is 7.73. The molecule has 0 aliphatic carbocycles. The van der Waals surface area contributed by atoms with Crippen LogP contribution in [-0.2, 0) is 4.52 Å². The Kier molecular flexibility index (Phi) is 6.64. The lowest BCUT2D eigenvalue weighted by atomic mass is 10.3. The largest absolute Gasteiger partial charge is 0.342 e. The van der Waals surface area contributed by atoms with Gasteiger partial charge in [0.25, 0.3) is 0 Å². The van der Waals surface area contributed by atoms with Crippen molar-refractivity contribution in [3.8, 4) is 0 Å². The van der Waals surface area contributed by atoms with Crippen LogP contribution in [0, 0.1) is 0 Å². The lowest BCUT2D eigenvalue weighted by Gasteiger charge is -2.28. The first-order valence-electron chi connectivity index (χ1n) is 4.36. The van der Waals surface area contributed by atoms with Gasteiger partial charge in [-0.2, -0.15) is 0 Å². The molecule has 1 atom stereocenters. The van der Waals surface area contributed by atoms with Gasteiger partial charge in [0, 0.05) is 12.1 Å². The molecule has 0 aliphatic heterocycles. The van der Waals surface area contributed by atoms with E-state index in [9.17, 15) is 0 Å². The fraction of sp³-hybridized carbons (Fsp3) is 0.778. The molecule has 0 N–H and O–H groups in total. The van der Waals surface area contributed by atoms with Crippen LogP contribution in [0.1, 0.15) is 27.7 Å². The van der Waals surface area contributed by atoms with Gasteiger partial charge in [-0.3, -0.25) is 4.67 Å². The Morgan fingerprint density at radius 1 is 1.33 bits per heavy atom.